The Morgan fingerprint density at radius 1 is 1.32 bits per heavy atom. The predicted molar refractivity (Wildman–Crippen MR) is 102 cm³/mol. The fourth-order valence-corrected chi connectivity index (χ4v) is 3.03. The van der Waals surface area contributed by atoms with Gasteiger partial charge in [-0.2, -0.15) is 5.10 Å². The molecule has 1 fully saturated rings. The molecule has 0 saturated carbocycles. The topological polar surface area (TPSA) is 49.2 Å². The Balaban J connectivity index is 1.65. The van der Waals surface area contributed by atoms with Crippen molar-refractivity contribution in [1.29, 1.82) is 0 Å². The Hall–Kier alpha value is -2.18. The highest BCUT2D eigenvalue weighted by atomic mass is 15.3. The summed E-state index contributed by atoms with van der Waals surface area (Å²) in [6.07, 6.45) is 8.11. The number of nitrogens with zero attached hydrogens (tertiary/aromatic N) is 5. The van der Waals surface area contributed by atoms with Gasteiger partial charge in [-0.1, -0.05) is 12.1 Å². The van der Waals surface area contributed by atoms with E-state index < -0.39 is 0 Å². The molecular formula is C19H28N6. The summed E-state index contributed by atoms with van der Waals surface area (Å²) in [6, 6.07) is 6.09. The average Bonchev–Trinajstić information content (AvgIpc) is 3.11. The molecular weight excluding hydrogens is 312 g/mol. The molecule has 134 valence electrons. The number of nitrogens with one attached hydrogen (secondary N) is 1. The van der Waals surface area contributed by atoms with Crippen molar-refractivity contribution in [3.8, 4) is 5.82 Å². The molecule has 25 heavy (non-hydrogen) atoms. The second-order valence-corrected chi connectivity index (χ2v) is 6.53. The minimum atomic E-state index is 0.861. The Bertz CT molecular complexity index is 674. The number of pyridine rings is 1. The molecule has 2 aromatic heterocycles. The Morgan fingerprint density at radius 2 is 2.16 bits per heavy atom. The summed E-state index contributed by atoms with van der Waals surface area (Å²) in [7, 11) is 2.08. The van der Waals surface area contributed by atoms with Crippen LogP contribution in [-0.4, -0.2) is 59.4 Å². The van der Waals surface area contributed by atoms with E-state index in [1.54, 1.807) is 0 Å². The summed E-state index contributed by atoms with van der Waals surface area (Å²) >= 11 is 0. The van der Waals surface area contributed by atoms with Gasteiger partial charge in [-0.25, -0.2) is 9.67 Å². The van der Waals surface area contributed by atoms with Crippen molar-refractivity contribution in [1.82, 2.24) is 25.0 Å². The van der Waals surface area contributed by atoms with E-state index in [-0.39, 0.29) is 0 Å². The van der Waals surface area contributed by atoms with Crippen LogP contribution in [0.15, 0.2) is 43.2 Å². The zero-order valence-electron chi connectivity index (χ0n) is 15.1. The maximum absolute atomic E-state index is 4.76. The van der Waals surface area contributed by atoms with Crippen LogP contribution in [0.3, 0.4) is 0 Å². The maximum atomic E-state index is 4.76. The van der Waals surface area contributed by atoms with Crippen molar-refractivity contribution in [2.75, 3.05) is 44.7 Å². The van der Waals surface area contributed by atoms with Gasteiger partial charge in [-0.05, 0) is 25.0 Å². The summed E-state index contributed by atoms with van der Waals surface area (Å²) in [5.41, 5.74) is 1.23. The fraction of sp³-hybridized carbons (Fsp3) is 0.474. The third kappa shape index (κ3) is 4.90. The van der Waals surface area contributed by atoms with Crippen LogP contribution in [0.1, 0.15) is 18.4 Å². The van der Waals surface area contributed by atoms with Crippen LogP contribution in [-0.2, 0) is 6.54 Å². The number of rotatable bonds is 8. The third-order valence-corrected chi connectivity index (χ3v) is 4.50. The molecule has 0 atom stereocenters. The Morgan fingerprint density at radius 3 is 2.96 bits per heavy atom. The molecule has 1 N–H and O–H groups in total. The maximum Gasteiger partial charge on any atom is 0.155 e. The van der Waals surface area contributed by atoms with Crippen LogP contribution >= 0.6 is 0 Å². The Labute approximate surface area is 150 Å². The molecule has 0 spiro atoms. The third-order valence-electron chi connectivity index (χ3n) is 4.50. The van der Waals surface area contributed by atoms with Crippen molar-refractivity contribution < 1.29 is 0 Å². The monoisotopic (exact) mass is 340 g/mol. The fourth-order valence-electron chi connectivity index (χ4n) is 3.03. The van der Waals surface area contributed by atoms with Gasteiger partial charge in [0.2, 0.25) is 0 Å². The van der Waals surface area contributed by atoms with Crippen molar-refractivity contribution in [2.45, 2.75) is 19.4 Å². The van der Waals surface area contributed by atoms with E-state index in [9.17, 15) is 0 Å². The number of allylic oxidation sites excluding steroid dienone is 1. The number of hydrogen-bond donors (Lipinski definition) is 1. The molecule has 1 aliphatic rings. The average molecular weight is 340 g/mol. The van der Waals surface area contributed by atoms with Crippen LogP contribution in [0.25, 0.3) is 5.82 Å². The molecule has 6 heteroatoms. The highest BCUT2D eigenvalue weighted by molar-refractivity contribution is 5.41. The summed E-state index contributed by atoms with van der Waals surface area (Å²) in [5.74, 6) is 1.83. The lowest BCUT2D eigenvalue weighted by atomic mass is 10.3. The summed E-state index contributed by atoms with van der Waals surface area (Å²) < 4.78 is 1.87. The predicted octanol–water partition coefficient (Wildman–Crippen LogP) is 2.07. The zero-order valence-corrected chi connectivity index (χ0v) is 15.1. The molecule has 0 aromatic carbocycles. The largest absolute Gasteiger partial charge is 0.360 e. The van der Waals surface area contributed by atoms with Gasteiger partial charge in [-0.15, -0.1) is 6.58 Å². The van der Waals surface area contributed by atoms with Gasteiger partial charge in [0.1, 0.15) is 5.82 Å². The van der Waals surface area contributed by atoms with E-state index in [1.165, 1.54) is 5.56 Å². The minimum absolute atomic E-state index is 0.861. The van der Waals surface area contributed by atoms with Crippen LogP contribution in [0.4, 0.5) is 5.82 Å². The van der Waals surface area contributed by atoms with Crippen molar-refractivity contribution in [2.24, 2.45) is 0 Å². The zero-order chi connectivity index (χ0) is 17.5. The standard InChI is InChI=1S/C19H28N6/c1-3-4-5-11-23(2)18-7-6-8-19(22-18)25-16-17(14-21-25)15-24-12-9-20-10-13-24/h3,6-8,14,16,20H,1,4-5,9-13,15H2,2H3. The van der Waals surface area contributed by atoms with Gasteiger partial charge in [0.25, 0.3) is 0 Å². The second kappa shape index (κ2) is 8.78. The van der Waals surface area contributed by atoms with E-state index >= 15 is 0 Å². The number of aromatic nitrogens is 3. The van der Waals surface area contributed by atoms with E-state index in [0.717, 1.165) is 63.7 Å². The molecule has 0 radical (unpaired) electrons. The van der Waals surface area contributed by atoms with Gasteiger partial charge < -0.3 is 10.2 Å². The molecule has 1 saturated heterocycles. The number of anilines is 1. The van der Waals surface area contributed by atoms with E-state index in [4.69, 9.17) is 4.98 Å². The first-order chi connectivity index (χ1) is 12.3. The van der Waals surface area contributed by atoms with Gasteiger partial charge in [0, 0.05) is 58.1 Å². The molecule has 2 aromatic rings. The molecule has 0 unspecified atom stereocenters. The van der Waals surface area contributed by atoms with Crippen molar-refractivity contribution in [3.63, 3.8) is 0 Å². The highest BCUT2D eigenvalue weighted by Crippen LogP contribution is 2.14. The van der Waals surface area contributed by atoms with E-state index in [2.05, 4.69) is 40.0 Å². The summed E-state index contributed by atoms with van der Waals surface area (Å²) in [6.45, 7) is 10.0. The molecule has 0 bridgehead atoms. The molecule has 6 nitrogen and oxygen atoms in total. The molecule has 0 amide bonds. The lowest BCUT2D eigenvalue weighted by Gasteiger charge is -2.26. The summed E-state index contributed by atoms with van der Waals surface area (Å²) in [4.78, 5) is 9.39. The quantitative estimate of drug-likeness (QED) is 0.589. The molecule has 3 heterocycles. The first kappa shape index (κ1) is 17.6. The van der Waals surface area contributed by atoms with Crippen LogP contribution < -0.4 is 10.2 Å². The minimum Gasteiger partial charge on any atom is -0.360 e. The molecule has 1 aliphatic heterocycles. The smallest absolute Gasteiger partial charge is 0.155 e. The SMILES string of the molecule is C=CCCCN(C)c1cccc(-n2cc(CN3CCNCC3)cn2)n1. The lowest BCUT2D eigenvalue weighted by molar-refractivity contribution is 0.233. The van der Waals surface area contributed by atoms with Crippen molar-refractivity contribution >= 4 is 5.82 Å². The Kier molecular flexibility index (Phi) is 6.19. The molecule has 3 rings (SSSR count). The summed E-state index contributed by atoms with van der Waals surface area (Å²) in [5, 5.41) is 7.89. The number of piperazine rings is 1. The molecule has 0 aliphatic carbocycles. The number of hydrogen-bond acceptors (Lipinski definition) is 5. The van der Waals surface area contributed by atoms with Crippen molar-refractivity contribution in [3.05, 3.63) is 48.8 Å². The number of unbranched alkanes of at least 4 members (excludes halogenated alkanes) is 1. The van der Waals surface area contributed by atoms with Gasteiger partial charge in [-0.3, -0.25) is 4.90 Å². The normalized spacial score (nSPS) is 15.2. The van der Waals surface area contributed by atoms with E-state index in [1.807, 2.05) is 35.2 Å². The van der Waals surface area contributed by atoms with Crippen LogP contribution in [0.5, 0.6) is 0 Å². The van der Waals surface area contributed by atoms with Crippen LogP contribution in [0.2, 0.25) is 0 Å². The van der Waals surface area contributed by atoms with Gasteiger partial charge in [0.15, 0.2) is 5.82 Å². The first-order valence-electron chi connectivity index (χ1n) is 9.02. The van der Waals surface area contributed by atoms with Gasteiger partial charge >= 0.3 is 0 Å². The lowest BCUT2D eigenvalue weighted by Crippen LogP contribution is -2.42. The first-order valence-corrected chi connectivity index (χ1v) is 9.02. The van der Waals surface area contributed by atoms with Crippen LogP contribution in [0, 0.1) is 0 Å². The highest BCUT2D eigenvalue weighted by Gasteiger charge is 2.12. The van der Waals surface area contributed by atoms with Gasteiger partial charge in [0.05, 0.1) is 6.20 Å². The second-order valence-electron chi connectivity index (χ2n) is 6.53. The van der Waals surface area contributed by atoms with E-state index in [0.29, 0.717) is 0 Å².